The SMILES string of the molecule is CNC(=O)c1c(F)ccc(NS(C)(=O)=O)c1F. The molecule has 1 aromatic rings. The van der Waals surface area contributed by atoms with E-state index in [2.05, 4.69) is 5.32 Å². The zero-order valence-electron chi connectivity index (χ0n) is 9.04. The van der Waals surface area contributed by atoms with Gasteiger partial charge in [-0.1, -0.05) is 0 Å². The van der Waals surface area contributed by atoms with Crippen molar-refractivity contribution in [3.05, 3.63) is 29.3 Å². The molecule has 0 fully saturated rings. The van der Waals surface area contributed by atoms with Gasteiger partial charge in [0.2, 0.25) is 10.0 Å². The number of carbonyl (C=O) groups excluding carboxylic acids is 1. The van der Waals surface area contributed by atoms with Crippen LogP contribution >= 0.6 is 0 Å². The van der Waals surface area contributed by atoms with Crippen molar-refractivity contribution in [2.45, 2.75) is 0 Å². The molecular weight excluding hydrogens is 254 g/mol. The number of sulfonamides is 1. The first-order valence-corrected chi connectivity index (χ1v) is 6.33. The summed E-state index contributed by atoms with van der Waals surface area (Å²) in [6.07, 6.45) is 0.815. The Balaban J connectivity index is 3.33. The molecule has 0 aromatic heterocycles. The summed E-state index contributed by atoms with van der Waals surface area (Å²) in [6, 6.07) is 1.71. The average Bonchev–Trinajstić information content (AvgIpc) is 2.20. The molecule has 0 aliphatic carbocycles. The van der Waals surface area contributed by atoms with E-state index in [0.717, 1.165) is 18.4 Å². The van der Waals surface area contributed by atoms with Gasteiger partial charge in [0.25, 0.3) is 5.91 Å². The van der Waals surface area contributed by atoms with E-state index in [1.807, 2.05) is 4.72 Å². The van der Waals surface area contributed by atoms with Crippen molar-refractivity contribution in [3.63, 3.8) is 0 Å². The summed E-state index contributed by atoms with van der Waals surface area (Å²) in [6.45, 7) is 0. The number of rotatable bonds is 3. The lowest BCUT2D eigenvalue weighted by Crippen LogP contribution is -2.22. The minimum Gasteiger partial charge on any atom is -0.355 e. The van der Waals surface area contributed by atoms with Crippen LogP contribution in [0.2, 0.25) is 0 Å². The molecule has 0 unspecified atom stereocenters. The molecule has 17 heavy (non-hydrogen) atoms. The number of hydrogen-bond acceptors (Lipinski definition) is 3. The van der Waals surface area contributed by atoms with E-state index in [4.69, 9.17) is 0 Å². The van der Waals surface area contributed by atoms with Crippen molar-refractivity contribution in [3.8, 4) is 0 Å². The number of carbonyl (C=O) groups is 1. The minimum atomic E-state index is -3.71. The number of amides is 1. The highest BCUT2D eigenvalue weighted by Crippen LogP contribution is 2.21. The first-order valence-electron chi connectivity index (χ1n) is 4.44. The third-order valence-corrected chi connectivity index (χ3v) is 2.43. The topological polar surface area (TPSA) is 75.3 Å². The molecule has 5 nitrogen and oxygen atoms in total. The third kappa shape index (κ3) is 3.13. The molecule has 2 N–H and O–H groups in total. The lowest BCUT2D eigenvalue weighted by atomic mass is 10.1. The fraction of sp³-hybridized carbons (Fsp3) is 0.222. The Morgan fingerprint density at radius 3 is 2.35 bits per heavy atom. The number of hydrogen-bond donors (Lipinski definition) is 2. The lowest BCUT2D eigenvalue weighted by molar-refractivity contribution is 0.0955. The highest BCUT2D eigenvalue weighted by Gasteiger charge is 2.20. The lowest BCUT2D eigenvalue weighted by Gasteiger charge is -2.09. The standard InChI is InChI=1S/C9H10F2N2O3S/c1-12-9(14)7-5(10)3-4-6(8(7)11)13-17(2,15)16/h3-4,13H,1-2H3,(H,12,14). The van der Waals surface area contributed by atoms with Crippen LogP contribution in [-0.4, -0.2) is 27.6 Å². The first kappa shape index (κ1) is 13.4. The van der Waals surface area contributed by atoms with Crippen molar-refractivity contribution >= 4 is 21.6 Å². The summed E-state index contributed by atoms with van der Waals surface area (Å²) >= 11 is 0. The Hall–Kier alpha value is -1.70. The average molecular weight is 264 g/mol. The van der Waals surface area contributed by atoms with Crippen LogP contribution in [0, 0.1) is 11.6 Å². The van der Waals surface area contributed by atoms with E-state index in [9.17, 15) is 22.0 Å². The molecule has 0 spiro atoms. The first-order chi connectivity index (χ1) is 7.76. The van der Waals surface area contributed by atoms with Gasteiger partial charge in [-0.3, -0.25) is 9.52 Å². The molecule has 8 heteroatoms. The van der Waals surface area contributed by atoms with Gasteiger partial charge in [-0.15, -0.1) is 0 Å². The molecule has 0 saturated carbocycles. The van der Waals surface area contributed by atoms with E-state index >= 15 is 0 Å². The zero-order chi connectivity index (χ0) is 13.2. The Morgan fingerprint density at radius 2 is 1.88 bits per heavy atom. The Morgan fingerprint density at radius 1 is 1.29 bits per heavy atom. The number of nitrogens with one attached hydrogen (secondary N) is 2. The molecule has 0 heterocycles. The van der Waals surface area contributed by atoms with Crippen LogP contribution in [0.5, 0.6) is 0 Å². The Kier molecular flexibility index (Phi) is 3.66. The second-order valence-electron chi connectivity index (χ2n) is 3.24. The molecule has 1 rings (SSSR count). The molecule has 0 aliphatic rings. The molecule has 1 amide bonds. The Bertz CT molecular complexity index is 558. The van der Waals surface area contributed by atoms with Gasteiger partial charge in [-0.05, 0) is 12.1 Å². The van der Waals surface area contributed by atoms with Crippen molar-refractivity contribution in [2.75, 3.05) is 18.0 Å². The molecule has 0 bridgehead atoms. The van der Waals surface area contributed by atoms with E-state index in [-0.39, 0.29) is 0 Å². The second-order valence-corrected chi connectivity index (χ2v) is 4.99. The molecule has 0 radical (unpaired) electrons. The largest absolute Gasteiger partial charge is 0.355 e. The van der Waals surface area contributed by atoms with Crippen LogP contribution in [0.25, 0.3) is 0 Å². The molecule has 94 valence electrons. The highest BCUT2D eigenvalue weighted by molar-refractivity contribution is 7.92. The predicted molar refractivity (Wildman–Crippen MR) is 58.2 cm³/mol. The number of anilines is 1. The molecule has 0 aliphatic heterocycles. The van der Waals surface area contributed by atoms with E-state index in [0.29, 0.717) is 0 Å². The van der Waals surface area contributed by atoms with Crippen molar-refractivity contribution < 1.29 is 22.0 Å². The summed E-state index contributed by atoms with van der Waals surface area (Å²) in [5, 5.41) is 2.06. The summed E-state index contributed by atoms with van der Waals surface area (Å²) in [5.74, 6) is -3.30. The predicted octanol–water partition coefficient (Wildman–Crippen LogP) is 0.696. The van der Waals surface area contributed by atoms with Crippen LogP contribution in [0.15, 0.2) is 12.1 Å². The Labute approximate surface area is 96.9 Å². The van der Waals surface area contributed by atoms with Gasteiger partial charge in [-0.25, -0.2) is 17.2 Å². The maximum absolute atomic E-state index is 13.7. The van der Waals surface area contributed by atoms with E-state index in [1.165, 1.54) is 7.05 Å². The van der Waals surface area contributed by atoms with Crippen LogP contribution in [-0.2, 0) is 10.0 Å². The van der Waals surface area contributed by atoms with Gasteiger partial charge in [0.05, 0.1) is 11.9 Å². The van der Waals surface area contributed by atoms with Gasteiger partial charge < -0.3 is 5.32 Å². The number of benzene rings is 1. The van der Waals surface area contributed by atoms with Crippen LogP contribution in [0.3, 0.4) is 0 Å². The van der Waals surface area contributed by atoms with Crippen LogP contribution in [0.1, 0.15) is 10.4 Å². The summed E-state index contributed by atoms with van der Waals surface area (Å²) < 4.78 is 50.6. The van der Waals surface area contributed by atoms with Gasteiger partial charge in [-0.2, -0.15) is 0 Å². The summed E-state index contributed by atoms with van der Waals surface area (Å²) in [7, 11) is -2.50. The summed E-state index contributed by atoms with van der Waals surface area (Å²) in [5.41, 5.74) is -1.31. The molecular formula is C9H10F2N2O3S. The number of halogens is 2. The fourth-order valence-corrected chi connectivity index (χ4v) is 1.72. The smallest absolute Gasteiger partial charge is 0.257 e. The normalized spacial score (nSPS) is 11.1. The molecule has 1 aromatic carbocycles. The van der Waals surface area contributed by atoms with Crippen molar-refractivity contribution in [1.82, 2.24) is 5.32 Å². The zero-order valence-corrected chi connectivity index (χ0v) is 9.86. The van der Waals surface area contributed by atoms with Crippen LogP contribution < -0.4 is 10.0 Å². The van der Waals surface area contributed by atoms with Gasteiger partial charge >= 0.3 is 0 Å². The third-order valence-electron chi connectivity index (χ3n) is 1.84. The maximum atomic E-state index is 13.7. The maximum Gasteiger partial charge on any atom is 0.257 e. The quantitative estimate of drug-likeness (QED) is 0.843. The second kappa shape index (κ2) is 4.66. The molecule has 0 atom stereocenters. The van der Waals surface area contributed by atoms with Gasteiger partial charge in [0, 0.05) is 7.05 Å². The van der Waals surface area contributed by atoms with Crippen LogP contribution in [0.4, 0.5) is 14.5 Å². The van der Waals surface area contributed by atoms with Gasteiger partial charge in [0.1, 0.15) is 11.4 Å². The molecule has 0 saturated heterocycles. The summed E-state index contributed by atoms with van der Waals surface area (Å²) in [4.78, 5) is 11.2. The van der Waals surface area contributed by atoms with Crippen molar-refractivity contribution in [1.29, 1.82) is 0 Å². The monoisotopic (exact) mass is 264 g/mol. The van der Waals surface area contributed by atoms with E-state index in [1.54, 1.807) is 0 Å². The highest BCUT2D eigenvalue weighted by atomic mass is 32.2. The minimum absolute atomic E-state index is 0.479. The van der Waals surface area contributed by atoms with Gasteiger partial charge in [0.15, 0.2) is 5.82 Å². The fourth-order valence-electron chi connectivity index (χ4n) is 1.16. The van der Waals surface area contributed by atoms with Crippen molar-refractivity contribution in [2.24, 2.45) is 0 Å². The van der Waals surface area contributed by atoms with E-state index < -0.39 is 38.8 Å².